The van der Waals surface area contributed by atoms with Crippen molar-refractivity contribution >= 4 is 50.6 Å². The van der Waals surface area contributed by atoms with Crippen LogP contribution in [-0.2, 0) is 17.0 Å². The summed E-state index contributed by atoms with van der Waals surface area (Å²) in [6.45, 7) is 4.24. The van der Waals surface area contributed by atoms with E-state index in [-0.39, 0.29) is 12.3 Å². The maximum absolute atomic E-state index is 12.2. The number of thioether (sulfide) groups is 1. The number of nitrogens with zero attached hydrogens (tertiary/aromatic N) is 1. The van der Waals surface area contributed by atoms with Crippen molar-refractivity contribution in [3.63, 3.8) is 0 Å². The average Bonchev–Trinajstić information content (AvgIpc) is 3.05. The second-order valence-corrected chi connectivity index (χ2v) is 9.05. The number of carbonyl (C=O) groups is 1. The fraction of sp³-hybridized carbons (Fsp3) is 0.200. The number of hydrogen-bond donors (Lipinski definition) is 1. The lowest BCUT2D eigenvalue weighted by Crippen LogP contribution is -2.14. The molecule has 0 radical (unpaired) electrons. The van der Waals surface area contributed by atoms with Crippen LogP contribution >= 0.6 is 39.0 Å². The fourth-order valence-corrected chi connectivity index (χ4v) is 4.61. The first-order chi connectivity index (χ1) is 12.5. The molecule has 0 bridgehead atoms. The Morgan fingerprint density at radius 3 is 2.73 bits per heavy atom. The maximum Gasteiger partial charge on any atom is 0.230 e. The normalized spacial score (nSPS) is 10.7. The van der Waals surface area contributed by atoms with Gasteiger partial charge in [-0.25, -0.2) is 4.98 Å². The van der Waals surface area contributed by atoms with Crippen LogP contribution in [0.15, 0.2) is 56.7 Å². The Bertz CT molecular complexity index is 906. The highest BCUT2D eigenvalue weighted by Gasteiger charge is 2.09. The summed E-state index contributed by atoms with van der Waals surface area (Å²) in [4.78, 5) is 16.8. The van der Waals surface area contributed by atoms with Crippen LogP contribution < -0.4 is 5.32 Å². The summed E-state index contributed by atoms with van der Waals surface area (Å²) in [5.41, 5.74) is 5.51. The molecule has 1 heterocycles. The quantitative estimate of drug-likeness (QED) is 0.472. The van der Waals surface area contributed by atoms with Gasteiger partial charge in [-0.2, -0.15) is 0 Å². The molecule has 2 aromatic carbocycles. The fourth-order valence-electron chi connectivity index (χ4n) is 2.43. The monoisotopic (exact) mass is 446 g/mol. The third-order valence-corrected chi connectivity index (χ3v) is 6.50. The van der Waals surface area contributed by atoms with Gasteiger partial charge in [0.25, 0.3) is 0 Å². The Morgan fingerprint density at radius 1 is 1.19 bits per heavy atom. The predicted octanol–water partition coefficient (Wildman–Crippen LogP) is 6.00. The zero-order valence-electron chi connectivity index (χ0n) is 14.6. The largest absolute Gasteiger partial charge is 0.326 e. The molecule has 1 amide bonds. The lowest BCUT2D eigenvalue weighted by atomic mass is 10.1. The van der Waals surface area contributed by atoms with Crippen LogP contribution in [0.2, 0.25) is 0 Å². The van der Waals surface area contributed by atoms with E-state index in [4.69, 9.17) is 0 Å². The summed E-state index contributed by atoms with van der Waals surface area (Å²) in [6.07, 6.45) is 0.288. The van der Waals surface area contributed by atoms with E-state index in [1.807, 2.05) is 29.6 Å². The van der Waals surface area contributed by atoms with E-state index in [9.17, 15) is 4.79 Å². The minimum absolute atomic E-state index is 0.0521. The third-order valence-electron chi connectivity index (χ3n) is 3.86. The molecule has 3 aromatic rings. The van der Waals surface area contributed by atoms with E-state index in [2.05, 4.69) is 58.3 Å². The summed E-state index contributed by atoms with van der Waals surface area (Å²) >= 11 is 6.70. The molecule has 1 N–H and O–H groups in total. The van der Waals surface area contributed by atoms with Crippen molar-refractivity contribution in [2.45, 2.75) is 30.4 Å². The van der Waals surface area contributed by atoms with Crippen molar-refractivity contribution in [3.8, 4) is 0 Å². The first-order valence-corrected chi connectivity index (χ1v) is 10.8. The smallest absolute Gasteiger partial charge is 0.230 e. The van der Waals surface area contributed by atoms with Gasteiger partial charge in [-0.1, -0.05) is 51.5 Å². The summed E-state index contributed by atoms with van der Waals surface area (Å²) in [6, 6.07) is 14.1. The van der Waals surface area contributed by atoms with Gasteiger partial charge < -0.3 is 5.32 Å². The summed E-state index contributed by atoms with van der Waals surface area (Å²) < 4.78 is 1.98. The highest BCUT2D eigenvalue weighted by Crippen LogP contribution is 2.28. The first-order valence-electron chi connectivity index (χ1n) is 8.18. The Labute approximate surface area is 170 Å². The van der Waals surface area contributed by atoms with Gasteiger partial charge in [-0.3, -0.25) is 4.79 Å². The van der Waals surface area contributed by atoms with Gasteiger partial charge in [-0.15, -0.1) is 11.3 Å². The molecule has 26 heavy (non-hydrogen) atoms. The molecule has 1 aromatic heterocycles. The first kappa shape index (κ1) is 19.1. The highest BCUT2D eigenvalue weighted by atomic mass is 79.9. The van der Waals surface area contributed by atoms with Crippen molar-refractivity contribution in [2.24, 2.45) is 0 Å². The highest BCUT2D eigenvalue weighted by molar-refractivity contribution is 9.10. The second kappa shape index (κ2) is 8.84. The Kier molecular flexibility index (Phi) is 6.51. The third kappa shape index (κ3) is 5.43. The van der Waals surface area contributed by atoms with Gasteiger partial charge in [0, 0.05) is 21.3 Å². The van der Waals surface area contributed by atoms with Crippen molar-refractivity contribution in [1.29, 1.82) is 0 Å². The molecule has 3 rings (SSSR count). The van der Waals surface area contributed by atoms with Gasteiger partial charge >= 0.3 is 0 Å². The number of hydrogen-bond acceptors (Lipinski definition) is 4. The number of anilines is 1. The molecule has 0 fully saturated rings. The van der Waals surface area contributed by atoms with Crippen molar-refractivity contribution in [3.05, 3.63) is 74.7 Å². The molecular formula is C20H19BrN2OS2. The Morgan fingerprint density at radius 2 is 1.96 bits per heavy atom. The molecule has 0 aliphatic heterocycles. The van der Waals surface area contributed by atoms with E-state index in [0.717, 1.165) is 25.9 Å². The summed E-state index contributed by atoms with van der Waals surface area (Å²) in [5, 5.41) is 4.86. The second-order valence-electron chi connectivity index (χ2n) is 6.06. The van der Waals surface area contributed by atoms with Crippen LogP contribution in [-0.4, -0.2) is 10.9 Å². The minimum atomic E-state index is -0.0521. The van der Waals surface area contributed by atoms with E-state index < -0.39 is 0 Å². The number of benzene rings is 2. The number of nitrogens with one attached hydrogen (secondary N) is 1. The van der Waals surface area contributed by atoms with Gasteiger partial charge in [0.1, 0.15) is 4.34 Å². The Balaban J connectivity index is 1.55. The summed E-state index contributed by atoms with van der Waals surface area (Å²) in [5.74, 6) is 0.842. The zero-order chi connectivity index (χ0) is 18.5. The van der Waals surface area contributed by atoms with E-state index in [1.165, 1.54) is 16.7 Å². The van der Waals surface area contributed by atoms with Gasteiger partial charge in [0.15, 0.2) is 0 Å². The molecule has 134 valence electrons. The van der Waals surface area contributed by atoms with Crippen LogP contribution in [0.1, 0.15) is 22.4 Å². The molecule has 0 spiro atoms. The molecular weight excluding hydrogens is 428 g/mol. The van der Waals surface area contributed by atoms with E-state index in [1.54, 1.807) is 23.1 Å². The lowest BCUT2D eigenvalue weighted by Gasteiger charge is -2.05. The summed E-state index contributed by atoms with van der Waals surface area (Å²) in [7, 11) is 0. The molecule has 0 atom stereocenters. The zero-order valence-corrected chi connectivity index (χ0v) is 17.8. The Hall–Kier alpha value is -1.63. The van der Waals surface area contributed by atoms with Crippen LogP contribution in [0.25, 0.3) is 0 Å². The van der Waals surface area contributed by atoms with Crippen LogP contribution in [0, 0.1) is 13.8 Å². The van der Waals surface area contributed by atoms with Crippen molar-refractivity contribution < 1.29 is 4.79 Å². The molecule has 0 saturated carbocycles. The molecule has 0 saturated heterocycles. The van der Waals surface area contributed by atoms with Crippen LogP contribution in [0.3, 0.4) is 0 Å². The number of thiazole rings is 1. The number of carbonyl (C=O) groups excluding carboxylic acids is 1. The lowest BCUT2D eigenvalue weighted by molar-refractivity contribution is -0.115. The topological polar surface area (TPSA) is 42.0 Å². The maximum atomic E-state index is 12.2. The molecule has 3 nitrogen and oxygen atoms in total. The number of amides is 1. The van der Waals surface area contributed by atoms with E-state index in [0.29, 0.717) is 0 Å². The van der Waals surface area contributed by atoms with Gasteiger partial charge in [0.05, 0.1) is 12.1 Å². The number of aromatic nitrogens is 1. The van der Waals surface area contributed by atoms with Crippen LogP contribution in [0.5, 0.6) is 0 Å². The predicted molar refractivity (Wildman–Crippen MR) is 114 cm³/mol. The van der Waals surface area contributed by atoms with Gasteiger partial charge in [-0.05, 0) is 49.2 Å². The standard InChI is InChI=1S/C20H19BrN2OS2/c1-13-3-4-14(2)15(9-13)11-25-20-23-18(12-26-20)10-19(24)22-17-7-5-16(21)6-8-17/h3-9,12H,10-11H2,1-2H3,(H,22,24). The molecule has 0 aliphatic rings. The molecule has 0 aliphatic carbocycles. The number of halogens is 1. The average molecular weight is 447 g/mol. The number of rotatable bonds is 6. The van der Waals surface area contributed by atoms with Gasteiger partial charge in [0.2, 0.25) is 5.91 Å². The van der Waals surface area contributed by atoms with Crippen LogP contribution in [0.4, 0.5) is 5.69 Å². The van der Waals surface area contributed by atoms with Crippen molar-refractivity contribution in [2.75, 3.05) is 5.32 Å². The molecule has 6 heteroatoms. The SMILES string of the molecule is Cc1ccc(C)c(CSc2nc(CC(=O)Nc3ccc(Br)cc3)cs2)c1. The number of aryl methyl sites for hydroxylation is 2. The van der Waals surface area contributed by atoms with Crippen molar-refractivity contribution in [1.82, 2.24) is 4.98 Å². The van der Waals surface area contributed by atoms with E-state index >= 15 is 0 Å². The minimum Gasteiger partial charge on any atom is -0.326 e. The molecule has 0 unspecified atom stereocenters.